The Labute approximate surface area is 163 Å². The quantitative estimate of drug-likeness (QED) is 0.700. The minimum Gasteiger partial charge on any atom is -0.370 e. The molecule has 4 rings (SSSR count). The third-order valence-corrected chi connectivity index (χ3v) is 7.25. The number of aryl methyl sites for hydroxylation is 2. The van der Waals surface area contributed by atoms with Crippen molar-refractivity contribution < 1.29 is 26.9 Å². The molecule has 0 bridgehead atoms. The monoisotopic (exact) mass is 412 g/mol. The lowest BCUT2D eigenvalue weighted by Crippen LogP contribution is -2.41. The second-order valence-corrected chi connectivity index (χ2v) is 8.99. The fraction of sp³-hybridized carbons (Fsp3) is 0.706. The van der Waals surface area contributed by atoms with E-state index in [0.29, 0.717) is 55.7 Å². The predicted molar refractivity (Wildman–Crippen MR) is 94.8 cm³/mol. The predicted octanol–water partition coefficient (Wildman–Crippen LogP) is 1.90. The van der Waals surface area contributed by atoms with E-state index in [1.807, 2.05) is 0 Å². The molecule has 2 aromatic heterocycles. The van der Waals surface area contributed by atoms with Gasteiger partial charge in [0.25, 0.3) is 5.89 Å². The van der Waals surface area contributed by atoms with Crippen LogP contribution in [0.25, 0.3) is 0 Å². The number of ether oxygens (including phenoxy) is 2. The highest BCUT2D eigenvalue weighted by molar-refractivity contribution is 7.89. The minimum atomic E-state index is -3.61. The zero-order valence-electron chi connectivity index (χ0n) is 16.0. The maximum atomic E-state index is 12.8. The van der Waals surface area contributed by atoms with E-state index in [1.165, 1.54) is 4.31 Å². The molecule has 4 heterocycles. The first-order chi connectivity index (χ1) is 13.4. The van der Waals surface area contributed by atoms with Crippen LogP contribution in [0.4, 0.5) is 0 Å². The fourth-order valence-corrected chi connectivity index (χ4v) is 5.39. The third-order valence-electron chi connectivity index (χ3n) is 5.10. The summed E-state index contributed by atoms with van der Waals surface area (Å²) in [6.45, 7) is 4.95. The molecule has 10 nitrogen and oxygen atoms in total. The summed E-state index contributed by atoms with van der Waals surface area (Å²) in [6.07, 6.45) is 2.91. The fourth-order valence-electron chi connectivity index (χ4n) is 3.63. The van der Waals surface area contributed by atoms with E-state index in [9.17, 15) is 8.42 Å². The molecule has 28 heavy (non-hydrogen) atoms. The van der Waals surface area contributed by atoms with Gasteiger partial charge in [0.2, 0.25) is 10.0 Å². The smallest absolute Gasteiger partial charge is 0.255 e. The lowest BCUT2D eigenvalue weighted by molar-refractivity contribution is 0.00636. The summed E-state index contributed by atoms with van der Waals surface area (Å²) in [5.41, 5.74) is 0.384. The van der Waals surface area contributed by atoms with Gasteiger partial charge in [-0.15, -0.1) is 0 Å². The average Bonchev–Trinajstić information content (AvgIpc) is 3.41. The number of nitrogens with zero attached hydrogens (tertiary/aromatic N) is 4. The normalized spacial score (nSPS) is 22.1. The second-order valence-electron chi connectivity index (χ2n) is 7.12. The number of piperidine rings is 1. The van der Waals surface area contributed by atoms with Crippen LogP contribution in [0.2, 0.25) is 0 Å². The maximum Gasteiger partial charge on any atom is 0.255 e. The summed E-state index contributed by atoms with van der Waals surface area (Å²) in [6, 6.07) is 0. The number of rotatable bonds is 6. The van der Waals surface area contributed by atoms with E-state index in [4.69, 9.17) is 18.5 Å². The van der Waals surface area contributed by atoms with E-state index in [2.05, 4.69) is 15.3 Å². The van der Waals surface area contributed by atoms with Gasteiger partial charge in [-0.1, -0.05) is 10.3 Å². The molecule has 0 N–H and O–H groups in total. The maximum absolute atomic E-state index is 12.8. The van der Waals surface area contributed by atoms with Crippen LogP contribution in [0.5, 0.6) is 0 Å². The van der Waals surface area contributed by atoms with Crippen molar-refractivity contribution >= 4 is 10.0 Å². The molecule has 0 aromatic carbocycles. The van der Waals surface area contributed by atoms with Crippen molar-refractivity contribution in [3.05, 3.63) is 23.2 Å². The molecular weight excluding hydrogens is 388 g/mol. The van der Waals surface area contributed by atoms with Crippen molar-refractivity contribution in [2.45, 2.75) is 63.2 Å². The number of sulfonamides is 1. The molecule has 2 fully saturated rings. The highest BCUT2D eigenvalue weighted by atomic mass is 32.2. The Hall–Kier alpha value is -1.82. The van der Waals surface area contributed by atoms with Crippen molar-refractivity contribution in [1.29, 1.82) is 0 Å². The Morgan fingerprint density at radius 3 is 2.57 bits per heavy atom. The van der Waals surface area contributed by atoms with Gasteiger partial charge in [-0.25, -0.2) is 8.42 Å². The number of hydrogen-bond donors (Lipinski definition) is 0. The molecule has 11 heteroatoms. The van der Waals surface area contributed by atoms with Gasteiger partial charge in [-0.05, 0) is 39.5 Å². The van der Waals surface area contributed by atoms with Gasteiger partial charge in [0.1, 0.15) is 23.3 Å². The Morgan fingerprint density at radius 2 is 1.93 bits per heavy atom. The van der Waals surface area contributed by atoms with E-state index in [1.54, 1.807) is 13.8 Å². The van der Waals surface area contributed by atoms with Crippen molar-refractivity contribution in [3.63, 3.8) is 0 Å². The molecule has 154 valence electrons. The summed E-state index contributed by atoms with van der Waals surface area (Å²) in [4.78, 5) is 4.50. The van der Waals surface area contributed by atoms with Gasteiger partial charge in [-0.3, -0.25) is 0 Å². The van der Waals surface area contributed by atoms with Crippen molar-refractivity contribution in [2.24, 2.45) is 0 Å². The standard InChI is InChI=1S/C17H24N4O6S/c1-11-16(12(2)26-19-11)28(22,23)21-7-5-13(6-8-21)25-10-15-18-17(27-20-15)14-4-3-9-24-14/h13-14H,3-10H2,1-2H3. The Balaban J connectivity index is 1.30. The molecule has 0 amide bonds. The summed E-state index contributed by atoms with van der Waals surface area (Å²) in [5.74, 6) is 1.29. The van der Waals surface area contributed by atoms with Gasteiger partial charge >= 0.3 is 0 Å². The number of hydrogen-bond acceptors (Lipinski definition) is 9. The van der Waals surface area contributed by atoms with Crippen LogP contribution in [0.15, 0.2) is 13.9 Å². The van der Waals surface area contributed by atoms with Crippen LogP contribution in [0, 0.1) is 13.8 Å². The zero-order chi connectivity index (χ0) is 19.7. The van der Waals surface area contributed by atoms with Crippen LogP contribution < -0.4 is 0 Å². The van der Waals surface area contributed by atoms with E-state index in [0.717, 1.165) is 12.8 Å². The zero-order valence-corrected chi connectivity index (χ0v) is 16.8. The first kappa shape index (κ1) is 19.5. The van der Waals surface area contributed by atoms with Gasteiger partial charge in [-0.2, -0.15) is 9.29 Å². The highest BCUT2D eigenvalue weighted by Gasteiger charge is 2.34. The first-order valence-electron chi connectivity index (χ1n) is 9.44. The lowest BCUT2D eigenvalue weighted by Gasteiger charge is -2.30. The van der Waals surface area contributed by atoms with Crippen molar-refractivity contribution in [2.75, 3.05) is 19.7 Å². The molecule has 2 aromatic rings. The van der Waals surface area contributed by atoms with Crippen molar-refractivity contribution in [3.8, 4) is 0 Å². The molecule has 0 radical (unpaired) electrons. The molecule has 0 saturated carbocycles. The van der Waals surface area contributed by atoms with Crippen LogP contribution in [-0.2, 0) is 26.1 Å². The minimum absolute atomic E-state index is 0.0548. The summed E-state index contributed by atoms with van der Waals surface area (Å²) < 4.78 is 48.8. The molecular formula is C17H24N4O6S. The Bertz CT molecular complexity index is 890. The van der Waals surface area contributed by atoms with Gasteiger partial charge < -0.3 is 18.5 Å². The topological polar surface area (TPSA) is 121 Å². The molecule has 1 unspecified atom stereocenters. The van der Waals surface area contributed by atoms with Crippen LogP contribution in [-0.4, -0.2) is 53.8 Å². The first-order valence-corrected chi connectivity index (χ1v) is 10.9. The third kappa shape index (κ3) is 3.84. The van der Waals surface area contributed by atoms with Crippen LogP contribution >= 0.6 is 0 Å². The van der Waals surface area contributed by atoms with Crippen LogP contribution in [0.1, 0.15) is 55.0 Å². The summed E-state index contributed by atoms with van der Waals surface area (Å²) >= 11 is 0. The molecule has 2 aliphatic rings. The summed E-state index contributed by atoms with van der Waals surface area (Å²) in [5, 5.41) is 7.69. The number of aromatic nitrogens is 3. The van der Waals surface area contributed by atoms with E-state index in [-0.39, 0.29) is 23.7 Å². The average molecular weight is 412 g/mol. The second kappa shape index (κ2) is 7.90. The Kier molecular flexibility index (Phi) is 5.50. The molecule has 2 saturated heterocycles. The largest absolute Gasteiger partial charge is 0.370 e. The van der Waals surface area contributed by atoms with Gasteiger partial charge in [0.15, 0.2) is 11.6 Å². The van der Waals surface area contributed by atoms with Crippen LogP contribution in [0.3, 0.4) is 0 Å². The molecule has 2 aliphatic heterocycles. The van der Waals surface area contributed by atoms with Crippen molar-refractivity contribution in [1.82, 2.24) is 19.6 Å². The van der Waals surface area contributed by atoms with E-state index < -0.39 is 10.0 Å². The Morgan fingerprint density at radius 1 is 1.14 bits per heavy atom. The van der Waals surface area contributed by atoms with Gasteiger partial charge in [0.05, 0.1) is 6.10 Å². The summed E-state index contributed by atoms with van der Waals surface area (Å²) in [7, 11) is -3.61. The molecule has 1 atom stereocenters. The highest BCUT2D eigenvalue weighted by Crippen LogP contribution is 2.28. The lowest BCUT2D eigenvalue weighted by atomic mass is 10.1. The SMILES string of the molecule is Cc1noc(C)c1S(=O)(=O)N1CCC(OCc2noc(C3CCCO3)n2)CC1. The van der Waals surface area contributed by atoms with Gasteiger partial charge in [0, 0.05) is 19.7 Å². The molecule has 0 aliphatic carbocycles. The van der Waals surface area contributed by atoms with E-state index >= 15 is 0 Å². The molecule has 0 spiro atoms.